The van der Waals surface area contributed by atoms with Crippen molar-refractivity contribution < 1.29 is 4.79 Å². The number of nitrogens with one attached hydrogen (secondary N) is 1. The third-order valence-corrected chi connectivity index (χ3v) is 3.03. The van der Waals surface area contributed by atoms with Crippen molar-refractivity contribution in [3.63, 3.8) is 0 Å². The quantitative estimate of drug-likeness (QED) is 0.743. The van der Waals surface area contributed by atoms with Crippen molar-refractivity contribution in [2.45, 2.75) is 31.8 Å². The van der Waals surface area contributed by atoms with Gasteiger partial charge in [-0.1, -0.05) is 12.2 Å². The summed E-state index contributed by atoms with van der Waals surface area (Å²) in [5.41, 5.74) is 5.52. The van der Waals surface area contributed by atoms with E-state index in [2.05, 4.69) is 5.32 Å². The Morgan fingerprint density at radius 1 is 1.56 bits per heavy atom. The first-order chi connectivity index (χ1) is 8.58. The number of nitrogens with two attached hydrogens (primary N) is 1. The van der Waals surface area contributed by atoms with Crippen LogP contribution >= 0.6 is 12.2 Å². The number of pyridine rings is 1. The smallest absolute Gasteiger partial charge is 0.260 e. The summed E-state index contributed by atoms with van der Waals surface area (Å²) < 4.78 is 1.46. The molecular weight excluding hydrogens is 250 g/mol. The molecule has 0 aliphatic heterocycles. The van der Waals surface area contributed by atoms with E-state index in [0.29, 0.717) is 18.2 Å². The van der Waals surface area contributed by atoms with Gasteiger partial charge in [-0.3, -0.25) is 9.59 Å². The zero-order valence-electron chi connectivity index (χ0n) is 9.89. The van der Waals surface area contributed by atoms with Gasteiger partial charge in [0.25, 0.3) is 5.56 Å². The SMILES string of the molecule is NC(=S)c1cccn(CCC(=O)NC2CC2)c1=O. The third kappa shape index (κ3) is 3.16. The minimum absolute atomic E-state index is 0.0230. The molecule has 5 nitrogen and oxygen atoms in total. The molecule has 0 saturated heterocycles. The van der Waals surface area contributed by atoms with Gasteiger partial charge in [0.05, 0.1) is 5.56 Å². The molecule has 0 atom stereocenters. The van der Waals surface area contributed by atoms with Gasteiger partial charge in [-0.25, -0.2) is 0 Å². The molecule has 18 heavy (non-hydrogen) atoms. The van der Waals surface area contributed by atoms with Gasteiger partial charge in [-0.05, 0) is 25.0 Å². The maximum Gasteiger partial charge on any atom is 0.260 e. The summed E-state index contributed by atoms with van der Waals surface area (Å²) in [6.07, 6.45) is 4.04. The van der Waals surface area contributed by atoms with Crippen LogP contribution in [0.1, 0.15) is 24.8 Å². The second-order valence-corrected chi connectivity index (χ2v) is 4.82. The van der Waals surface area contributed by atoms with Crippen LogP contribution in [0.2, 0.25) is 0 Å². The van der Waals surface area contributed by atoms with E-state index in [1.165, 1.54) is 4.57 Å². The standard InChI is InChI=1S/C12H15N3O2S/c13-11(18)9-2-1-6-15(12(9)17)7-5-10(16)14-8-3-4-8/h1-2,6,8H,3-5,7H2,(H2,13,18)(H,14,16). The summed E-state index contributed by atoms with van der Waals surface area (Å²) in [6.45, 7) is 0.341. The Bertz CT molecular complexity index is 534. The normalized spacial score (nSPS) is 14.2. The maximum atomic E-state index is 11.9. The molecule has 0 radical (unpaired) electrons. The fourth-order valence-corrected chi connectivity index (χ4v) is 1.81. The second-order valence-electron chi connectivity index (χ2n) is 4.38. The summed E-state index contributed by atoms with van der Waals surface area (Å²) in [5.74, 6) is -0.0230. The molecule has 1 fully saturated rings. The molecule has 1 heterocycles. The Kier molecular flexibility index (Phi) is 3.76. The number of hydrogen-bond acceptors (Lipinski definition) is 3. The minimum atomic E-state index is -0.246. The number of thiocarbonyl (C=S) groups is 1. The molecule has 0 spiro atoms. The van der Waals surface area contributed by atoms with Gasteiger partial charge in [0.15, 0.2) is 0 Å². The zero-order chi connectivity index (χ0) is 13.1. The highest BCUT2D eigenvalue weighted by molar-refractivity contribution is 7.80. The first-order valence-corrected chi connectivity index (χ1v) is 6.27. The Morgan fingerprint density at radius 2 is 2.28 bits per heavy atom. The number of aryl methyl sites for hydroxylation is 1. The van der Waals surface area contributed by atoms with E-state index < -0.39 is 0 Å². The molecule has 0 unspecified atom stereocenters. The van der Waals surface area contributed by atoms with Gasteiger partial charge in [0, 0.05) is 25.2 Å². The lowest BCUT2D eigenvalue weighted by Crippen LogP contribution is -2.31. The number of aromatic nitrogens is 1. The van der Waals surface area contributed by atoms with E-state index >= 15 is 0 Å². The number of hydrogen-bond donors (Lipinski definition) is 2. The average molecular weight is 265 g/mol. The Morgan fingerprint density at radius 3 is 2.89 bits per heavy atom. The van der Waals surface area contributed by atoms with E-state index in [4.69, 9.17) is 18.0 Å². The first kappa shape index (κ1) is 12.8. The minimum Gasteiger partial charge on any atom is -0.389 e. The van der Waals surface area contributed by atoms with Crippen LogP contribution in [-0.2, 0) is 11.3 Å². The molecule has 3 N–H and O–H groups in total. The van der Waals surface area contributed by atoms with E-state index in [-0.39, 0.29) is 22.9 Å². The van der Waals surface area contributed by atoms with E-state index in [9.17, 15) is 9.59 Å². The number of carbonyl (C=O) groups is 1. The molecule has 0 aromatic carbocycles. The fraction of sp³-hybridized carbons (Fsp3) is 0.417. The van der Waals surface area contributed by atoms with Crippen LogP contribution in [0.5, 0.6) is 0 Å². The third-order valence-electron chi connectivity index (χ3n) is 2.81. The number of amides is 1. The number of rotatable bonds is 5. The van der Waals surface area contributed by atoms with Crippen molar-refractivity contribution in [1.29, 1.82) is 0 Å². The summed E-state index contributed by atoms with van der Waals surface area (Å²) in [4.78, 5) is 23.5. The van der Waals surface area contributed by atoms with Gasteiger partial charge in [0.1, 0.15) is 4.99 Å². The number of nitrogens with zero attached hydrogens (tertiary/aromatic N) is 1. The summed E-state index contributed by atoms with van der Waals surface area (Å²) >= 11 is 4.80. The van der Waals surface area contributed by atoms with Gasteiger partial charge in [-0.2, -0.15) is 0 Å². The highest BCUT2D eigenvalue weighted by Crippen LogP contribution is 2.18. The van der Waals surface area contributed by atoms with Crippen LogP contribution < -0.4 is 16.6 Å². The molecule has 6 heteroatoms. The van der Waals surface area contributed by atoms with Crippen molar-refractivity contribution in [3.8, 4) is 0 Å². The topological polar surface area (TPSA) is 77.1 Å². The van der Waals surface area contributed by atoms with Crippen LogP contribution in [0, 0.1) is 0 Å². The van der Waals surface area contributed by atoms with Crippen molar-refractivity contribution in [2.75, 3.05) is 0 Å². The van der Waals surface area contributed by atoms with Crippen LogP contribution in [-0.4, -0.2) is 21.5 Å². The van der Waals surface area contributed by atoms with E-state index in [1.54, 1.807) is 18.3 Å². The monoisotopic (exact) mass is 265 g/mol. The van der Waals surface area contributed by atoms with Crippen molar-refractivity contribution in [3.05, 3.63) is 34.2 Å². The molecule has 1 aromatic rings. The predicted molar refractivity (Wildman–Crippen MR) is 72.4 cm³/mol. The van der Waals surface area contributed by atoms with E-state index in [1.807, 2.05) is 0 Å². The van der Waals surface area contributed by atoms with Crippen molar-refractivity contribution in [2.24, 2.45) is 5.73 Å². The molecule has 1 aromatic heterocycles. The average Bonchev–Trinajstić information content (AvgIpc) is 3.11. The van der Waals surface area contributed by atoms with Gasteiger partial charge < -0.3 is 15.6 Å². The van der Waals surface area contributed by atoms with E-state index in [0.717, 1.165) is 12.8 Å². The molecule has 0 bridgehead atoms. The maximum absolute atomic E-state index is 11.9. The highest BCUT2D eigenvalue weighted by atomic mass is 32.1. The number of carbonyl (C=O) groups excluding carboxylic acids is 1. The van der Waals surface area contributed by atoms with Crippen LogP contribution in [0.3, 0.4) is 0 Å². The Balaban J connectivity index is 2.00. The molecular formula is C12H15N3O2S. The summed E-state index contributed by atoms with van der Waals surface area (Å²) in [5, 5.41) is 2.88. The Labute approximate surface area is 110 Å². The van der Waals surface area contributed by atoms with Crippen LogP contribution in [0.4, 0.5) is 0 Å². The summed E-state index contributed by atoms with van der Waals surface area (Å²) in [7, 11) is 0. The van der Waals surface area contributed by atoms with Crippen molar-refractivity contribution >= 4 is 23.1 Å². The Hall–Kier alpha value is -1.69. The van der Waals surface area contributed by atoms with Gasteiger partial charge >= 0.3 is 0 Å². The lowest BCUT2D eigenvalue weighted by atomic mass is 10.2. The fourth-order valence-electron chi connectivity index (χ4n) is 1.65. The molecule has 96 valence electrons. The van der Waals surface area contributed by atoms with Crippen molar-refractivity contribution in [1.82, 2.24) is 9.88 Å². The second kappa shape index (κ2) is 5.30. The van der Waals surface area contributed by atoms with Crippen LogP contribution in [0.15, 0.2) is 23.1 Å². The largest absolute Gasteiger partial charge is 0.389 e. The lowest BCUT2D eigenvalue weighted by molar-refractivity contribution is -0.121. The van der Waals surface area contributed by atoms with Gasteiger partial charge in [0.2, 0.25) is 5.91 Å². The first-order valence-electron chi connectivity index (χ1n) is 5.86. The zero-order valence-corrected chi connectivity index (χ0v) is 10.7. The van der Waals surface area contributed by atoms with Gasteiger partial charge in [-0.15, -0.1) is 0 Å². The molecule has 2 rings (SSSR count). The molecule has 1 aliphatic carbocycles. The lowest BCUT2D eigenvalue weighted by Gasteiger charge is -2.07. The molecule has 1 aliphatic rings. The van der Waals surface area contributed by atoms with Crippen LogP contribution in [0.25, 0.3) is 0 Å². The molecule has 1 amide bonds. The highest BCUT2D eigenvalue weighted by Gasteiger charge is 2.22. The molecule has 1 saturated carbocycles. The predicted octanol–water partition coefficient (Wildman–Crippen LogP) is 0.151. The summed E-state index contributed by atoms with van der Waals surface area (Å²) in [6, 6.07) is 3.64.